The fourth-order valence-electron chi connectivity index (χ4n) is 4.20. The molecule has 10 heteroatoms. The quantitative estimate of drug-likeness (QED) is 0.249. The third-order valence-corrected chi connectivity index (χ3v) is 6.40. The van der Waals surface area contributed by atoms with Gasteiger partial charge in [-0.15, -0.1) is 0 Å². The molecule has 10 nitrogen and oxygen atoms in total. The zero-order valence-corrected chi connectivity index (χ0v) is 22.8. The number of hydrogen-bond acceptors (Lipinski definition) is 8. The first kappa shape index (κ1) is 26.4. The Morgan fingerprint density at radius 2 is 1.95 bits per heavy atom. The van der Waals surface area contributed by atoms with Gasteiger partial charge in [-0.25, -0.2) is 19.9 Å². The van der Waals surface area contributed by atoms with Crippen LogP contribution in [0.2, 0.25) is 0 Å². The third kappa shape index (κ3) is 5.46. The molecule has 0 radical (unpaired) electrons. The Hall–Kier alpha value is -5.25. The molecule has 1 amide bonds. The second kappa shape index (κ2) is 11.2. The number of methoxy groups -OCH3 is 1. The summed E-state index contributed by atoms with van der Waals surface area (Å²) >= 11 is 0. The van der Waals surface area contributed by atoms with E-state index in [1.165, 1.54) is 12.4 Å². The fourth-order valence-corrected chi connectivity index (χ4v) is 4.20. The number of aromatic nitrogens is 5. The number of rotatable bonds is 9. The molecule has 0 aliphatic rings. The number of carbonyl (C=O) groups excluding carboxylic acids is 1. The summed E-state index contributed by atoms with van der Waals surface area (Å²) in [6, 6.07) is 13.3. The van der Waals surface area contributed by atoms with E-state index in [1.54, 1.807) is 25.4 Å². The number of imidazole rings is 1. The molecule has 0 unspecified atom stereocenters. The molecule has 3 heterocycles. The zero-order chi connectivity index (χ0) is 28.2. The van der Waals surface area contributed by atoms with Crippen molar-refractivity contribution in [2.75, 3.05) is 26.0 Å². The van der Waals surface area contributed by atoms with E-state index in [4.69, 9.17) is 14.5 Å². The molecule has 2 aromatic carbocycles. The monoisotopic (exact) mass is 535 g/mol. The van der Waals surface area contributed by atoms with Crippen LogP contribution in [-0.2, 0) is 11.8 Å². The maximum Gasteiger partial charge on any atom is 0.245 e. The Balaban J connectivity index is 1.40. The van der Waals surface area contributed by atoms with Crippen LogP contribution in [0, 0.1) is 6.92 Å². The molecule has 0 spiro atoms. The van der Waals surface area contributed by atoms with Crippen LogP contribution in [0.4, 0.5) is 11.5 Å². The van der Waals surface area contributed by atoms with E-state index in [9.17, 15) is 4.79 Å². The molecule has 0 aliphatic carbocycles. The van der Waals surface area contributed by atoms with Crippen LogP contribution in [0.25, 0.3) is 28.1 Å². The molecule has 0 bridgehead atoms. The van der Waals surface area contributed by atoms with E-state index in [-0.39, 0.29) is 5.91 Å². The van der Waals surface area contributed by atoms with Crippen molar-refractivity contribution in [1.29, 1.82) is 0 Å². The van der Waals surface area contributed by atoms with Crippen LogP contribution in [0.15, 0.2) is 73.9 Å². The number of carbonyl (C=O) groups is 1. The number of anilines is 2. The molecule has 1 N–H and O–H groups in total. The summed E-state index contributed by atoms with van der Waals surface area (Å²) < 4.78 is 13.9. The lowest BCUT2D eigenvalue weighted by Gasteiger charge is -2.16. The van der Waals surface area contributed by atoms with Crippen molar-refractivity contribution >= 4 is 45.6 Å². The summed E-state index contributed by atoms with van der Waals surface area (Å²) in [5, 5.41) is 3.35. The second-order valence-corrected chi connectivity index (χ2v) is 9.20. The molecule has 0 aliphatic heterocycles. The predicted octanol–water partition coefficient (Wildman–Crippen LogP) is 5.42. The minimum atomic E-state index is -0.147. The van der Waals surface area contributed by atoms with E-state index in [0.29, 0.717) is 52.0 Å². The summed E-state index contributed by atoms with van der Waals surface area (Å²) in [6.45, 7) is 5.91. The highest BCUT2D eigenvalue weighted by Gasteiger charge is 2.14. The van der Waals surface area contributed by atoms with Crippen LogP contribution >= 0.6 is 0 Å². The summed E-state index contributed by atoms with van der Waals surface area (Å²) in [4.78, 5) is 31.2. The van der Waals surface area contributed by atoms with E-state index in [2.05, 4.69) is 26.8 Å². The molecular weight excluding hydrogens is 506 g/mol. The maximum absolute atomic E-state index is 11.7. The third-order valence-electron chi connectivity index (χ3n) is 6.40. The number of amides is 1. The molecule has 0 saturated heterocycles. The van der Waals surface area contributed by atoms with Crippen LogP contribution in [-0.4, -0.2) is 56.0 Å². The number of nitrogens with one attached hydrogen (secondary N) is 1. The Morgan fingerprint density at radius 3 is 2.75 bits per heavy atom. The van der Waals surface area contributed by atoms with Crippen LogP contribution in [0.1, 0.15) is 11.3 Å². The summed E-state index contributed by atoms with van der Waals surface area (Å²) in [7, 11) is 5.27. The van der Waals surface area contributed by atoms with Gasteiger partial charge in [0.15, 0.2) is 5.82 Å². The summed E-state index contributed by atoms with van der Waals surface area (Å²) in [6.07, 6.45) is 8.26. The van der Waals surface area contributed by atoms with Crippen molar-refractivity contribution in [2.45, 2.75) is 6.92 Å². The van der Waals surface area contributed by atoms with Gasteiger partial charge in [0.05, 0.1) is 41.4 Å². The highest BCUT2D eigenvalue weighted by Crippen LogP contribution is 2.37. The number of fused-ring (bicyclic) bond motifs is 2. The standard InChI is InChI=1S/C30H29N7O3/c1-6-28(38)36(3)13-7-8-20-9-11-22-29(34-20)30(32-17-31-22)35-24-14-19(2)26(16-27(24)39-5)40-21-10-12-25-23(15-21)33-18-37(25)4/h6-12,14-18H,1,13H2,2-5H3,(H,31,32,35). The van der Waals surface area contributed by atoms with Gasteiger partial charge in [-0.05, 0) is 55.0 Å². The van der Waals surface area contributed by atoms with Gasteiger partial charge in [-0.2, -0.15) is 0 Å². The van der Waals surface area contributed by atoms with Crippen molar-refractivity contribution < 1.29 is 14.3 Å². The number of ether oxygens (including phenoxy) is 2. The maximum atomic E-state index is 11.7. The average molecular weight is 536 g/mol. The van der Waals surface area contributed by atoms with Gasteiger partial charge in [0.1, 0.15) is 29.1 Å². The molecule has 40 heavy (non-hydrogen) atoms. The summed E-state index contributed by atoms with van der Waals surface area (Å²) in [5.41, 5.74) is 5.50. The Labute approximate surface area is 231 Å². The van der Waals surface area contributed by atoms with Crippen LogP contribution in [0.3, 0.4) is 0 Å². The van der Waals surface area contributed by atoms with Gasteiger partial charge in [0.25, 0.3) is 0 Å². The first-order valence-corrected chi connectivity index (χ1v) is 12.6. The smallest absolute Gasteiger partial charge is 0.245 e. The Kier molecular flexibility index (Phi) is 7.41. The number of aryl methyl sites for hydroxylation is 2. The van der Waals surface area contributed by atoms with Crippen molar-refractivity contribution in [3.8, 4) is 17.2 Å². The Bertz CT molecular complexity index is 1760. The minimum Gasteiger partial charge on any atom is -0.494 e. The molecule has 0 fully saturated rings. The number of hydrogen-bond donors (Lipinski definition) is 1. The highest BCUT2D eigenvalue weighted by atomic mass is 16.5. The number of benzene rings is 2. The molecule has 3 aromatic heterocycles. The van der Waals surface area contributed by atoms with Gasteiger partial charge >= 0.3 is 0 Å². The second-order valence-electron chi connectivity index (χ2n) is 9.20. The molecule has 0 atom stereocenters. The largest absolute Gasteiger partial charge is 0.494 e. The normalized spacial score (nSPS) is 11.2. The van der Waals surface area contributed by atoms with E-state index in [0.717, 1.165) is 16.6 Å². The molecule has 0 saturated carbocycles. The van der Waals surface area contributed by atoms with Gasteiger partial charge in [0.2, 0.25) is 5.91 Å². The van der Waals surface area contributed by atoms with Crippen molar-refractivity contribution in [1.82, 2.24) is 29.4 Å². The lowest BCUT2D eigenvalue weighted by molar-refractivity contribution is -0.124. The minimum absolute atomic E-state index is 0.147. The number of pyridine rings is 1. The zero-order valence-electron chi connectivity index (χ0n) is 22.8. The SMILES string of the molecule is C=CC(=O)N(C)CC=Cc1ccc2ncnc(Nc3cc(C)c(Oc4ccc5c(c4)ncn5C)cc3OC)c2n1. The topological polar surface area (TPSA) is 107 Å². The molecule has 202 valence electrons. The predicted molar refractivity (Wildman–Crippen MR) is 156 cm³/mol. The van der Waals surface area contributed by atoms with Crippen molar-refractivity contribution in [2.24, 2.45) is 7.05 Å². The molecule has 5 rings (SSSR count). The van der Waals surface area contributed by atoms with Gasteiger partial charge in [-0.1, -0.05) is 12.7 Å². The highest BCUT2D eigenvalue weighted by molar-refractivity contribution is 5.89. The van der Waals surface area contributed by atoms with Crippen molar-refractivity contribution in [3.63, 3.8) is 0 Å². The van der Waals surface area contributed by atoms with Gasteiger partial charge in [0, 0.05) is 32.8 Å². The summed E-state index contributed by atoms with van der Waals surface area (Å²) in [5.74, 6) is 2.31. The Morgan fingerprint density at radius 1 is 1.10 bits per heavy atom. The number of nitrogens with zero attached hydrogens (tertiary/aromatic N) is 6. The van der Waals surface area contributed by atoms with Gasteiger partial charge < -0.3 is 24.3 Å². The van der Waals surface area contributed by atoms with Crippen molar-refractivity contribution in [3.05, 3.63) is 85.1 Å². The average Bonchev–Trinajstić information content (AvgIpc) is 3.33. The van der Waals surface area contributed by atoms with Crippen LogP contribution in [0.5, 0.6) is 17.2 Å². The van der Waals surface area contributed by atoms with Gasteiger partial charge in [-0.3, -0.25) is 4.79 Å². The lowest BCUT2D eigenvalue weighted by atomic mass is 10.1. The molecular formula is C30H29N7O3. The lowest BCUT2D eigenvalue weighted by Crippen LogP contribution is -2.24. The first-order chi connectivity index (χ1) is 19.4. The van der Waals surface area contributed by atoms with E-state index in [1.807, 2.05) is 73.2 Å². The first-order valence-electron chi connectivity index (χ1n) is 12.6. The van der Waals surface area contributed by atoms with E-state index < -0.39 is 0 Å². The number of likely N-dealkylation sites (N-methyl/N-ethyl adjacent to an activating group) is 1. The van der Waals surface area contributed by atoms with E-state index >= 15 is 0 Å². The van der Waals surface area contributed by atoms with Crippen LogP contribution < -0.4 is 14.8 Å². The fraction of sp³-hybridized carbons (Fsp3) is 0.167. The molecule has 5 aromatic rings.